The van der Waals surface area contributed by atoms with Gasteiger partial charge in [-0.05, 0) is 36.8 Å². The lowest BCUT2D eigenvalue weighted by atomic mass is 10.1. The predicted octanol–water partition coefficient (Wildman–Crippen LogP) is 2.23. The molecule has 1 saturated heterocycles. The molecule has 0 aromatic heterocycles. The minimum Gasteiger partial charge on any atom is -0.455 e. The minimum absolute atomic E-state index is 0.104. The van der Waals surface area contributed by atoms with E-state index in [2.05, 4.69) is 10.7 Å². The highest BCUT2D eigenvalue weighted by Gasteiger charge is 2.36. The molecular formula is C21H19ClN4O7. The Morgan fingerprint density at radius 3 is 2.58 bits per heavy atom. The van der Waals surface area contributed by atoms with Crippen molar-refractivity contribution in [2.75, 3.05) is 18.5 Å². The summed E-state index contributed by atoms with van der Waals surface area (Å²) in [6.07, 6.45) is -0.200. The quantitative estimate of drug-likeness (QED) is 0.355. The number of nitro benzene ring substituents is 1. The maximum Gasteiger partial charge on any atom is 0.311 e. The highest BCUT2D eigenvalue weighted by Crippen LogP contribution is 2.21. The molecule has 1 aliphatic rings. The first-order chi connectivity index (χ1) is 15.6. The topological polar surface area (TPSA) is 148 Å². The normalized spacial score (nSPS) is 15.2. The van der Waals surface area contributed by atoms with Crippen LogP contribution in [0.15, 0.2) is 42.5 Å². The van der Waals surface area contributed by atoms with Crippen molar-refractivity contribution in [1.29, 1.82) is 0 Å². The summed E-state index contributed by atoms with van der Waals surface area (Å²) in [5, 5.41) is 14.7. The first kappa shape index (κ1) is 23.7. The lowest BCUT2D eigenvalue weighted by Gasteiger charge is -2.17. The molecule has 0 aliphatic carbocycles. The number of ether oxygens (including phenoxy) is 1. The molecule has 0 unspecified atom stereocenters. The second kappa shape index (κ2) is 10.1. The summed E-state index contributed by atoms with van der Waals surface area (Å²) in [6, 6.07) is 9.80. The summed E-state index contributed by atoms with van der Waals surface area (Å²) in [7, 11) is 0. The second-order valence-corrected chi connectivity index (χ2v) is 7.70. The fraction of sp³-hybridized carbons (Fsp3) is 0.238. The van der Waals surface area contributed by atoms with E-state index < -0.39 is 41.1 Å². The number of halogens is 1. The molecular weight excluding hydrogens is 456 g/mol. The first-order valence-corrected chi connectivity index (χ1v) is 10.1. The standard InChI is InChI=1S/C21H19ClN4O7/c1-12-2-5-15(22)9-17(12)23-18(27)11-33-21(30)14-8-19(28)25(10-14)24-20(29)13-3-6-16(7-4-13)26(31)32/h2-7,9,14H,8,10-11H2,1H3,(H,23,27)(H,24,29)/t14-/m1/s1. The van der Waals surface area contributed by atoms with Gasteiger partial charge in [-0.25, -0.2) is 0 Å². The molecule has 1 atom stereocenters. The van der Waals surface area contributed by atoms with Crippen molar-refractivity contribution < 1.29 is 28.8 Å². The molecule has 1 aliphatic heterocycles. The molecule has 2 aromatic carbocycles. The van der Waals surface area contributed by atoms with Crippen LogP contribution in [0.4, 0.5) is 11.4 Å². The van der Waals surface area contributed by atoms with Gasteiger partial charge in [0.15, 0.2) is 6.61 Å². The molecule has 11 nitrogen and oxygen atoms in total. The molecule has 0 saturated carbocycles. The van der Waals surface area contributed by atoms with E-state index in [0.29, 0.717) is 10.7 Å². The second-order valence-electron chi connectivity index (χ2n) is 7.27. The number of nitrogens with one attached hydrogen (secondary N) is 2. The van der Waals surface area contributed by atoms with Crippen molar-refractivity contribution in [1.82, 2.24) is 10.4 Å². The third kappa shape index (κ3) is 6.04. The molecule has 12 heteroatoms. The van der Waals surface area contributed by atoms with Crippen LogP contribution in [-0.2, 0) is 19.1 Å². The van der Waals surface area contributed by atoms with Crippen molar-refractivity contribution in [3.63, 3.8) is 0 Å². The number of benzene rings is 2. The zero-order chi connectivity index (χ0) is 24.1. The number of hydrogen-bond donors (Lipinski definition) is 2. The number of anilines is 1. The Hall–Kier alpha value is -3.99. The van der Waals surface area contributed by atoms with E-state index in [-0.39, 0.29) is 24.2 Å². The largest absolute Gasteiger partial charge is 0.455 e. The van der Waals surface area contributed by atoms with E-state index in [1.807, 2.05) is 0 Å². The van der Waals surface area contributed by atoms with E-state index >= 15 is 0 Å². The molecule has 0 bridgehead atoms. The Kier molecular flexibility index (Phi) is 7.23. The molecule has 2 N–H and O–H groups in total. The monoisotopic (exact) mass is 474 g/mol. The number of aryl methyl sites for hydroxylation is 1. The number of esters is 1. The van der Waals surface area contributed by atoms with Crippen LogP contribution in [0.1, 0.15) is 22.3 Å². The van der Waals surface area contributed by atoms with Gasteiger partial charge in [0, 0.05) is 34.8 Å². The Balaban J connectivity index is 1.50. The number of nitrogens with zero attached hydrogens (tertiary/aromatic N) is 2. The summed E-state index contributed by atoms with van der Waals surface area (Å²) in [5.41, 5.74) is 3.55. The van der Waals surface area contributed by atoms with Crippen molar-refractivity contribution in [2.24, 2.45) is 5.92 Å². The molecule has 1 heterocycles. The van der Waals surface area contributed by atoms with E-state index in [1.54, 1.807) is 25.1 Å². The predicted molar refractivity (Wildman–Crippen MR) is 116 cm³/mol. The maximum atomic E-state index is 12.3. The summed E-state index contributed by atoms with van der Waals surface area (Å²) in [4.78, 5) is 58.9. The van der Waals surface area contributed by atoms with Crippen molar-refractivity contribution in [3.05, 3.63) is 68.7 Å². The van der Waals surface area contributed by atoms with Crippen molar-refractivity contribution >= 4 is 46.7 Å². The van der Waals surface area contributed by atoms with Gasteiger partial charge in [-0.2, -0.15) is 0 Å². The minimum atomic E-state index is -0.865. The van der Waals surface area contributed by atoms with Crippen LogP contribution in [0.3, 0.4) is 0 Å². The molecule has 172 valence electrons. The van der Waals surface area contributed by atoms with Gasteiger partial charge in [-0.3, -0.25) is 39.7 Å². The zero-order valence-corrected chi connectivity index (χ0v) is 18.1. The van der Waals surface area contributed by atoms with Gasteiger partial charge in [0.25, 0.3) is 17.5 Å². The Morgan fingerprint density at radius 1 is 1.21 bits per heavy atom. The molecule has 0 spiro atoms. The van der Waals surface area contributed by atoms with Gasteiger partial charge in [-0.1, -0.05) is 17.7 Å². The van der Waals surface area contributed by atoms with Gasteiger partial charge < -0.3 is 10.1 Å². The van der Waals surface area contributed by atoms with E-state index in [1.165, 1.54) is 12.1 Å². The lowest BCUT2D eigenvalue weighted by molar-refractivity contribution is -0.384. The van der Waals surface area contributed by atoms with Crippen LogP contribution in [0.5, 0.6) is 0 Å². The van der Waals surface area contributed by atoms with Crippen LogP contribution in [0, 0.1) is 23.0 Å². The molecule has 2 aromatic rings. The van der Waals surface area contributed by atoms with Crippen LogP contribution < -0.4 is 10.7 Å². The molecule has 3 amide bonds. The maximum absolute atomic E-state index is 12.3. The third-order valence-corrected chi connectivity index (χ3v) is 5.09. The Labute approximate surface area is 192 Å². The first-order valence-electron chi connectivity index (χ1n) is 9.72. The lowest BCUT2D eigenvalue weighted by Crippen LogP contribution is -2.43. The number of non-ortho nitro benzene ring substituents is 1. The summed E-state index contributed by atoms with van der Waals surface area (Å²) in [5.74, 6) is -3.36. The average molecular weight is 475 g/mol. The van der Waals surface area contributed by atoms with Gasteiger partial charge in [-0.15, -0.1) is 0 Å². The number of hydrogen-bond acceptors (Lipinski definition) is 7. The van der Waals surface area contributed by atoms with Gasteiger partial charge in [0.1, 0.15) is 0 Å². The zero-order valence-electron chi connectivity index (χ0n) is 17.4. The number of amides is 3. The van der Waals surface area contributed by atoms with Crippen LogP contribution in [0.2, 0.25) is 5.02 Å². The number of hydrazine groups is 1. The fourth-order valence-corrected chi connectivity index (χ4v) is 3.24. The van der Waals surface area contributed by atoms with Crippen LogP contribution in [0.25, 0.3) is 0 Å². The van der Waals surface area contributed by atoms with Crippen LogP contribution in [-0.4, -0.2) is 46.8 Å². The molecule has 33 heavy (non-hydrogen) atoms. The molecule has 3 rings (SSSR count). The summed E-state index contributed by atoms with van der Waals surface area (Å²) < 4.78 is 5.01. The number of carbonyl (C=O) groups is 4. The Morgan fingerprint density at radius 2 is 1.91 bits per heavy atom. The van der Waals surface area contributed by atoms with Gasteiger partial charge in [0.05, 0.1) is 17.4 Å². The fourth-order valence-electron chi connectivity index (χ4n) is 3.06. The smallest absolute Gasteiger partial charge is 0.311 e. The van der Waals surface area contributed by atoms with Gasteiger partial charge in [0.2, 0.25) is 5.91 Å². The van der Waals surface area contributed by atoms with E-state index in [9.17, 15) is 29.3 Å². The highest BCUT2D eigenvalue weighted by atomic mass is 35.5. The third-order valence-electron chi connectivity index (χ3n) is 4.85. The van der Waals surface area contributed by atoms with Crippen LogP contribution >= 0.6 is 11.6 Å². The number of carbonyl (C=O) groups excluding carboxylic acids is 4. The highest BCUT2D eigenvalue weighted by molar-refractivity contribution is 6.31. The van der Waals surface area contributed by atoms with E-state index in [4.69, 9.17) is 16.3 Å². The average Bonchev–Trinajstić information content (AvgIpc) is 3.14. The number of nitro groups is 1. The number of rotatable bonds is 7. The summed E-state index contributed by atoms with van der Waals surface area (Å²) >= 11 is 5.91. The molecule has 0 radical (unpaired) electrons. The Bertz CT molecular complexity index is 1120. The molecule has 1 fully saturated rings. The van der Waals surface area contributed by atoms with E-state index in [0.717, 1.165) is 22.7 Å². The van der Waals surface area contributed by atoms with Crippen molar-refractivity contribution in [2.45, 2.75) is 13.3 Å². The van der Waals surface area contributed by atoms with Crippen molar-refractivity contribution in [3.8, 4) is 0 Å². The SMILES string of the molecule is Cc1ccc(Cl)cc1NC(=O)COC(=O)[C@@H]1CC(=O)N(NC(=O)c2ccc([N+](=O)[O-])cc2)C1. The van der Waals surface area contributed by atoms with Gasteiger partial charge >= 0.3 is 5.97 Å². The summed E-state index contributed by atoms with van der Waals surface area (Å²) in [6.45, 7) is 1.09.